The zero-order valence-corrected chi connectivity index (χ0v) is 18.6. The standard InChI is InChI=1S/C26H29N3O3/c1-3-13-29(14-4-2)22-11-9-19(10-12-22)17-27-28-26(30)25-18-31-23-15-20-7-5-6-8-21(20)16-24(23)32-25/h5-12,15-17,25H,3-4,13-14,18H2,1-2H3,(H,28,30)/b27-17+/t25-/m0/s1. The summed E-state index contributed by atoms with van der Waals surface area (Å²) in [7, 11) is 0. The molecule has 1 aliphatic rings. The van der Waals surface area contributed by atoms with E-state index in [1.165, 1.54) is 5.69 Å². The van der Waals surface area contributed by atoms with Gasteiger partial charge in [-0.3, -0.25) is 4.79 Å². The van der Waals surface area contributed by atoms with Gasteiger partial charge in [-0.25, -0.2) is 5.43 Å². The predicted molar refractivity (Wildman–Crippen MR) is 129 cm³/mol. The van der Waals surface area contributed by atoms with Crippen LogP contribution in [0.25, 0.3) is 10.8 Å². The molecule has 0 radical (unpaired) electrons. The molecule has 0 saturated carbocycles. The number of hydrogen-bond acceptors (Lipinski definition) is 5. The normalized spacial score (nSPS) is 15.1. The zero-order valence-electron chi connectivity index (χ0n) is 18.6. The maximum atomic E-state index is 12.5. The van der Waals surface area contributed by atoms with Crippen molar-refractivity contribution < 1.29 is 14.3 Å². The van der Waals surface area contributed by atoms with Gasteiger partial charge in [0.15, 0.2) is 11.5 Å². The van der Waals surface area contributed by atoms with E-state index in [0.717, 1.165) is 42.3 Å². The molecule has 0 saturated heterocycles. The minimum absolute atomic E-state index is 0.145. The number of carbonyl (C=O) groups is 1. The number of amides is 1. The first-order chi connectivity index (χ1) is 15.7. The fourth-order valence-electron chi connectivity index (χ4n) is 3.81. The average molecular weight is 432 g/mol. The summed E-state index contributed by atoms with van der Waals surface area (Å²) in [6.45, 7) is 6.61. The van der Waals surface area contributed by atoms with Gasteiger partial charge in [-0.05, 0) is 53.4 Å². The molecule has 0 aliphatic carbocycles. The Kier molecular flexibility index (Phi) is 6.90. The van der Waals surface area contributed by atoms with E-state index in [4.69, 9.17) is 9.47 Å². The lowest BCUT2D eigenvalue weighted by molar-refractivity contribution is -0.130. The maximum absolute atomic E-state index is 12.5. The van der Waals surface area contributed by atoms with Gasteiger partial charge >= 0.3 is 0 Å². The first kappa shape index (κ1) is 21.7. The first-order valence-electron chi connectivity index (χ1n) is 11.2. The van der Waals surface area contributed by atoms with Crippen LogP contribution in [0.15, 0.2) is 65.8 Å². The van der Waals surface area contributed by atoms with Crippen LogP contribution in [0.3, 0.4) is 0 Å². The average Bonchev–Trinajstić information content (AvgIpc) is 2.82. The second kappa shape index (κ2) is 10.2. The van der Waals surface area contributed by atoms with E-state index in [0.29, 0.717) is 11.5 Å². The van der Waals surface area contributed by atoms with Crippen LogP contribution < -0.4 is 19.8 Å². The maximum Gasteiger partial charge on any atom is 0.284 e. The highest BCUT2D eigenvalue weighted by atomic mass is 16.6. The summed E-state index contributed by atoms with van der Waals surface area (Å²) in [5, 5.41) is 6.20. The minimum atomic E-state index is -0.750. The fraction of sp³-hybridized carbons (Fsp3) is 0.308. The van der Waals surface area contributed by atoms with Gasteiger partial charge in [-0.1, -0.05) is 50.2 Å². The molecule has 1 N–H and O–H groups in total. The molecule has 6 nitrogen and oxygen atoms in total. The van der Waals surface area contributed by atoms with Gasteiger partial charge < -0.3 is 14.4 Å². The van der Waals surface area contributed by atoms with E-state index >= 15 is 0 Å². The van der Waals surface area contributed by atoms with Gasteiger partial charge in [0, 0.05) is 18.8 Å². The lowest BCUT2D eigenvalue weighted by Gasteiger charge is -2.25. The molecular formula is C26H29N3O3. The van der Waals surface area contributed by atoms with E-state index in [1.807, 2.05) is 48.5 Å². The topological polar surface area (TPSA) is 63.2 Å². The number of hydrogen-bond donors (Lipinski definition) is 1. The van der Waals surface area contributed by atoms with Crippen molar-refractivity contribution in [3.8, 4) is 11.5 Å². The second-order valence-electron chi connectivity index (χ2n) is 7.88. The van der Waals surface area contributed by atoms with E-state index in [1.54, 1.807) is 6.21 Å². The molecule has 166 valence electrons. The largest absolute Gasteiger partial charge is 0.485 e. The highest BCUT2D eigenvalue weighted by molar-refractivity contribution is 5.88. The van der Waals surface area contributed by atoms with E-state index in [-0.39, 0.29) is 12.5 Å². The van der Waals surface area contributed by atoms with Crippen molar-refractivity contribution >= 4 is 28.6 Å². The molecule has 0 fully saturated rings. The molecule has 1 heterocycles. The number of rotatable bonds is 8. The van der Waals surface area contributed by atoms with Crippen LogP contribution in [-0.4, -0.2) is 37.9 Å². The Morgan fingerprint density at radius 3 is 2.34 bits per heavy atom. The second-order valence-corrected chi connectivity index (χ2v) is 7.88. The van der Waals surface area contributed by atoms with Gasteiger partial charge in [-0.2, -0.15) is 5.10 Å². The molecule has 0 spiro atoms. The van der Waals surface area contributed by atoms with E-state index in [9.17, 15) is 4.79 Å². The van der Waals surface area contributed by atoms with Crippen LogP contribution in [0.5, 0.6) is 11.5 Å². The third-order valence-electron chi connectivity index (χ3n) is 5.40. The third kappa shape index (κ3) is 5.02. The summed E-state index contributed by atoms with van der Waals surface area (Å²) < 4.78 is 11.6. The number of anilines is 1. The smallest absolute Gasteiger partial charge is 0.284 e. The quantitative estimate of drug-likeness (QED) is 0.413. The van der Waals surface area contributed by atoms with Crippen molar-refractivity contribution in [3.05, 3.63) is 66.2 Å². The number of nitrogens with one attached hydrogen (secondary N) is 1. The zero-order chi connectivity index (χ0) is 22.3. The molecule has 1 atom stereocenters. The molecule has 0 bridgehead atoms. The molecule has 0 aromatic heterocycles. The van der Waals surface area contributed by atoms with Crippen molar-refractivity contribution in [3.63, 3.8) is 0 Å². The monoisotopic (exact) mass is 431 g/mol. The Bertz CT molecular complexity index is 1090. The van der Waals surface area contributed by atoms with Crippen LogP contribution in [-0.2, 0) is 4.79 Å². The highest BCUT2D eigenvalue weighted by Crippen LogP contribution is 2.35. The SMILES string of the molecule is CCCN(CCC)c1ccc(/C=N/NC(=O)[C@@H]2COc3cc4ccccc4cc3O2)cc1. The number of fused-ring (bicyclic) bond motifs is 2. The number of benzene rings is 3. The number of nitrogens with zero attached hydrogens (tertiary/aromatic N) is 2. The molecule has 1 amide bonds. The summed E-state index contributed by atoms with van der Waals surface area (Å²) in [6.07, 6.45) is 3.11. The summed E-state index contributed by atoms with van der Waals surface area (Å²) in [5.74, 6) is 0.878. The van der Waals surface area contributed by atoms with Gasteiger partial charge in [0.25, 0.3) is 5.91 Å². The van der Waals surface area contributed by atoms with Crippen molar-refractivity contribution in [2.45, 2.75) is 32.8 Å². The molecule has 4 rings (SSSR count). The molecule has 1 aliphatic heterocycles. The molecule has 3 aromatic rings. The van der Waals surface area contributed by atoms with Gasteiger partial charge in [0.1, 0.15) is 6.61 Å². The van der Waals surface area contributed by atoms with E-state index in [2.05, 4.69) is 41.4 Å². The van der Waals surface area contributed by atoms with Crippen molar-refractivity contribution in [2.75, 3.05) is 24.6 Å². The van der Waals surface area contributed by atoms with Crippen LogP contribution in [0.4, 0.5) is 5.69 Å². The Labute approximate surface area is 188 Å². The van der Waals surface area contributed by atoms with Crippen LogP contribution in [0.1, 0.15) is 32.3 Å². The number of ether oxygens (including phenoxy) is 2. The Morgan fingerprint density at radius 1 is 1.03 bits per heavy atom. The Hall–Kier alpha value is -3.54. The minimum Gasteiger partial charge on any atom is -0.485 e. The molecule has 0 unspecified atom stereocenters. The Morgan fingerprint density at radius 2 is 1.69 bits per heavy atom. The van der Waals surface area contributed by atoms with Crippen molar-refractivity contribution in [1.82, 2.24) is 5.43 Å². The first-order valence-corrected chi connectivity index (χ1v) is 11.2. The molecule has 6 heteroatoms. The van der Waals surface area contributed by atoms with Gasteiger partial charge in [-0.15, -0.1) is 0 Å². The summed E-state index contributed by atoms with van der Waals surface area (Å²) >= 11 is 0. The van der Waals surface area contributed by atoms with Crippen LogP contribution >= 0.6 is 0 Å². The van der Waals surface area contributed by atoms with Gasteiger partial charge in [0.2, 0.25) is 6.10 Å². The summed E-state index contributed by atoms with van der Waals surface area (Å²) in [5.41, 5.74) is 4.68. The van der Waals surface area contributed by atoms with Crippen LogP contribution in [0.2, 0.25) is 0 Å². The Balaban J connectivity index is 1.35. The van der Waals surface area contributed by atoms with E-state index < -0.39 is 6.10 Å². The third-order valence-corrected chi connectivity index (χ3v) is 5.40. The van der Waals surface area contributed by atoms with Crippen molar-refractivity contribution in [1.29, 1.82) is 0 Å². The van der Waals surface area contributed by atoms with Crippen LogP contribution in [0, 0.1) is 0 Å². The number of hydrazone groups is 1. The molecular weight excluding hydrogens is 402 g/mol. The lowest BCUT2D eigenvalue weighted by atomic mass is 10.1. The number of carbonyl (C=O) groups excluding carboxylic acids is 1. The molecule has 3 aromatic carbocycles. The lowest BCUT2D eigenvalue weighted by Crippen LogP contribution is -2.42. The predicted octanol–water partition coefficient (Wildman–Crippen LogP) is 4.76. The summed E-state index contributed by atoms with van der Waals surface area (Å²) in [4.78, 5) is 14.9. The van der Waals surface area contributed by atoms with Gasteiger partial charge in [0.05, 0.1) is 6.21 Å². The summed E-state index contributed by atoms with van der Waals surface area (Å²) in [6, 6.07) is 20.0. The fourth-order valence-corrected chi connectivity index (χ4v) is 3.81. The molecule has 32 heavy (non-hydrogen) atoms. The highest BCUT2D eigenvalue weighted by Gasteiger charge is 2.27. The van der Waals surface area contributed by atoms with Crippen molar-refractivity contribution in [2.24, 2.45) is 5.10 Å².